The number of aliphatic hydroxyl groups excluding tert-OH is 1. The Labute approximate surface area is 143 Å². The largest absolute Gasteiger partial charge is 0.491 e. The molecule has 0 aliphatic carbocycles. The minimum Gasteiger partial charge on any atom is -0.491 e. The van der Waals surface area contributed by atoms with Gasteiger partial charge < -0.3 is 14.4 Å². The summed E-state index contributed by atoms with van der Waals surface area (Å²) in [5.41, 5.74) is 3.23. The van der Waals surface area contributed by atoms with Crippen LogP contribution in [0.1, 0.15) is 41.5 Å². The maximum Gasteiger partial charge on any atom is 0.154 e. The Morgan fingerprint density at radius 1 is 1.25 bits per heavy atom. The van der Waals surface area contributed by atoms with Gasteiger partial charge in [-0.05, 0) is 63.4 Å². The van der Waals surface area contributed by atoms with Crippen molar-refractivity contribution in [1.29, 1.82) is 0 Å². The third kappa shape index (κ3) is 4.16. The molecule has 1 aliphatic heterocycles. The van der Waals surface area contributed by atoms with E-state index in [-0.39, 0.29) is 6.04 Å². The first-order valence-electron chi connectivity index (χ1n) is 8.57. The Hall–Kier alpha value is -1.85. The second-order valence-corrected chi connectivity index (χ2v) is 6.81. The zero-order valence-electron chi connectivity index (χ0n) is 14.7. The van der Waals surface area contributed by atoms with Gasteiger partial charge in [0.2, 0.25) is 0 Å². The maximum atomic E-state index is 10.4. The van der Waals surface area contributed by atoms with Crippen LogP contribution in [0, 0.1) is 20.8 Å². The molecule has 0 spiro atoms. The molecule has 1 aliphatic rings. The molecule has 0 bridgehead atoms. The van der Waals surface area contributed by atoms with Gasteiger partial charge in [0.05, 0.1) is 11.7 Å². The second-order valence-electron chi connectivity index (χ2n) is 6.81. The number of ether oxygens (including phenoxy) is 1. The van der Waals surface area contributed by atoms with Crippen LogP contribution >= 0.6 is 0 Å². The molecule has 1 N–H and O–H groups in total. The fourth-order valence-corrected chi connectivity index (χ4v) is 3.44. The van der Waals surface area contributed by atoms with Crippen LogP contribution in [0.3, 0.4) is 0 Å². The number of aliphatic hydroxyl groups is 1. The van der Waals surface area contributed by atoms with Gasteiger partial charge in [0.15, 0.2) is 5.76 Å². The van der Waals surface area contributed by atoms with Crippen molar-refractivity contribution in [2.45, 2.75) is 45.8 Å². The zero-order chi connectivity index (χ0) is 17.1. The van der Waals surface area contributed by atoms with E-state index < -0.39 is 6.10 Å². The van der Waals surface area contributed by atoms with Crippen molar-refractivity contribution in [3.05, 3.63) is 46.8 Å². The van der Waals surface area contributed by atoms with Gasteiger partial charge in [-0.25, -0.2) is 0 Å². The lowest BCUT2D eigenvalue weighted by atomic mass is 10.1. The van der Waals surface area contributed by atoms with E-state index in [1.807, 2.05) is 39.0 Å². The molecule has 1 fully saturated rings. The Balaban J connectivity index is 1.55. The molecule has 2 unspecified atom stereocenters. The first kappa shape index (κ1) is 17.0. The molecule has 0 amide bonds. The molecule has 24 heavy (non-hydrogen) atoms. The standard InChI is InChI=1S/C19H26N2O3/c1-13-7-14(2)9-17(8-13)23-12-16(22)11-21-6-4-5-18(21)19-10-15(3)20-24-19/h7-10,16,18,22H,4-6,11-12H2,1-3H3. The van der Waals surface area contributed by atoms with E-state index in [0.29, 0.717) is 13.2 Å². The topological polar surface area (TPSA) is 58.7 Å². The highest BCUT2D eigenvalue weighted by Crippen LogP contribution is 2.32. The van der Waals surface area contributed by atoms with Crippen molar-refractivity contribution in [2.24, 2.45) is 0 Å². The summed E-state index contributed by atoms with van der Waals surface area (Å²) in [5.74, 6) is 1.71. The molecule has 1 aromatic heterocycles. The van der Waals surface area contributed by atoms with Crippen LogP contribution in [-0.4, -0.2) is 41.0 Å². The number of β-amino-alcohol motifs (C(OH)–C–C–N with tert-alkyl or cyclic N) is 1. The molecule has 1 aromatic carbocycles. The number of hydrogen-bond acceptors (Lipinski definition) is 5. The summed E-state index contributed by atoms with van der Waals surface area (Å²) in [5, 5.41) is 14.3. The van der Waals surface area contributed by atoms with Crippen LogP contribution in [0.4, 0.5) is 0 Å². The van der Waals surface area contributed by atoms with Gasteiger partial charge >= 0.3 is 0 Å². The molecule has 3 rings (SSSR count). The normalized spacial score (nSPS) is 19.6. The molecule has 5 heteroatoms. The van der Waals surface area contributed by atoms with Crippen LogP contribution in [0.5, 0.6) is 5.75 Å². The summed E-state index contributed by atoms with van der Waals surface area (Å²) in [6.45, 7) is 7.86. The third-order valence-corrected chi connectivity index (χ3v) is 4.42. The summed E-state index contributed by atoms with van der Waals surface area (Å²) >= 11 is 0. The van der Waals surface area contributed by atoms with Gasteiger partial charge in [-0.2, -0.15) is 0 Å². The highest BCUT2D eigenvalue weighted by Gasteiger charge is 2.30. The van der Waals surface area contributed by atoms with Crippen molar-refractivity contribution < 1.29 is 14.4 Å². The highest BCUT2D eigenvalue weighted by molar-refractivity contribution is 5.33. The summed E-state index contributed by atoms with van der Waals surface area (Å²) in [6.07, 6.45) is 1.62. The molecule has 0 radical (unpaired) electrons. The zero-order valence-corrected chi connectivity index (χ0v) is 14.7. The van der Waals surface area contributed by atoms with Gasteiger partial charge in [0.25, 0.3) is 0 Å². The fourth-order valence-electron chi connectivity index (χ4n) is 3.44. The Kier molecular flexibility index (Phi) is 5.21. The first-order chi connectivity index (χ1) is 11.5. The van der Waals surface area contributed by atoms with E-state index in [4.69, 9.17) is 9.26 Å². The summed E-state index contributed by atoms with van der Waals surface area (Å²) in [4.78, 5) is 2.26. The monoisotopic (exact) mass is 330 g/mol. The average molecular weight is 330 g/mol. The van der Waals surface area contributed by atoms with E-state index >= 15 is 0 Å². The van der Waals surface area contributed by atoms with Crippen LogP contribution in [0.25, 0.3) is 0 Å². The molecule has 130 valence electrons. The number of likely N-dealkylation sites (tertiary alicyclic amines) is 1. The lowest BCUT2D eigenvalue weighted by Gasteiger charge is -2.25. The minimum atomic E-state index is -0.532. The first-order valence-corrected chi connectivity index (χ1v) is 8.57. The van der Waals surface area contributed by atoms with Gasteiger partial charge in [-0.3, -0.25) is 4.90 Å². The maximum absolute atomic E-state index is 10.4. The summed E-state index contributed by atoms with van der Waals surface area (Å²) < 4.78 is 11.2. The molecule has 2 aromatic rings. The van der Waals surface area contributed by atoms with Crippen LogP contribution in [0.15, 0.2) is 28.8 Å². The van der Waals surface area contributed by atoms with Crippen molar-refractivity contribution >= 4 is 0 Å². The Morgan fingerprint density at radius 2 is 2.00 bits per heavy atom. The lowest BCUT2D eigenvalue weighted by Crippen LogP contribution is -2.35. The molecular weight excluding hydrogens is 304 g/mol. The molecule has 0 saturated carbocycles. The smallest absolute Gasteiger partial charge is 0.154 e. The number of rotatable bonds is 6. The average Bonchev–Trinajstić information content (AvgIpc) is 3.13. The number of nitrogens with zero attached hydrogens (tertiary/aromatic N) is 2. The van der Waals surface area contributed by atoms with Crippen molar-refractivity contribution in [1.82, 2.24) is 10.1 Å². The number of aryl methyl sites for hydroxylation is 3. The van der Waals surface area contributed by atoms with Gasteiger partial charge in [-0.1, -0.05) is 11.2 Å². The van der Waals surface area contributed by atoms with Gasteiger partial charge in [0.1, 0.15) is 18.5 Å². The van der Waals surface area contributed by atoms with Gasteiger partial charge in [0, 0.05) is 12.6 Å². The summed E-state index contributed by atoms with van der Waals surface area (Å²) in [6, 6.07) is 8.30. The molecule has 5 nitrogen and oxygen atoms in total. The van der Waals surface area contributed by atoms with E-state index in [1.54, 1.807) is 0 Å². The highest BCUT2D eigenvalue weighted by atomic mass is 16.5. The molecule has 2 heterocycles. The van der Waals surface area contributed by atoms with Crippen LogP contribution in [0.2, 0.25) is 0 Å². The third-order valence-electron chi connectivity index (χ3n) is 4.42. The van der Waals surface area contributed by atoms with Crippen molar-refractivity contribution in [3.63, 3.8) is 0 Å². The van der Waals surface area contributed by atoms with Gasteiger partial charge in [-0.15, -0.1) is 0 Å². The van der Waals surface area contributed by atoms with Crippen molar-refractivity contribution in [2.75, 3.05) is 19.7 Å². The van der Waals surface area contributed by atoms with E-state index in [2.05, 4.69) is 16.1 Å². The molecule has 2 atom stereocenters. The lowest BCUT2D eigenvalue weighted by molar-refractivity contribution is 0.0597. The van der Waals surface area contributed by atoms with Crippen LogP contribution in [-0.2, 0) is 0 Å². The Bertz CT molecular complexity index is 663. The number of benzene rings is 1. The quantitative estimate of drug-likeness (QED) is 0.881. The summed E-state index contributed by atoms with van der Waals surface area (Å²) in [7, 11) is 0. The van der Waals surface area contributed by atoms with E-state index in [1.165, 1.54) is 11.1 Å². The second kappa shape index (κ2) is 7.36. The fraction of sp³-hybridized carbons (Fsp3) is 0.526. The molecular formula is C19H26N2O3. The molecule has 1 saturated heterocycles. The van der Waals surface area contributed by atoms with Crippen LogP contribution < -0.4 is 4.74 Å². The van der Waals surface area contributed by atoms with Crippen molar-refractivity contribution in [3.8, 4) is 5.75 Å². The Morgan fingerprint density at radius 3 is 2.67 bits per heavy atom. The minimum absolute atomic E-state index is 0.210. The SMILES string of the molecule is Cc1cc(C)cc(OCC(O)CN2CCCC2c2cc(C)no2)c1. The number of hydrogen-bond donors (Lipinski definition) is 1. The van der Waals surface area contributed by atoms with E-state index in [0.717, 1.165) is 36.6 Å². The van der Waals surface area contributed by atoms with E-state index in [9.17, 15) is 5.11 Å². The predicted octanol–water partition coefficient (Wildman–Crippen LogP) is 3.18. The predicted molar refractivity (Wildman–Crippen MR) is 92.2 cm³/mol. The number of aromatic nitrogens is 1.